The molecule has 0 unspecified atom stereocenters. The molecule has 1 aliphatic heterocycles. The third kappa shape index (κ3) is 4.54. The van der Waals surface area contributed by atoms with E-state index in [0.29, 0.717) is 27.1 Å². The maximum absolute atomic E-state index is 12.7. The largest absolute Gasteiger partial charge is 0.478 e. The van der Waals surface area contributed by atoms with Crippen LogP contribution in [0.5, 0.6) is 0 Å². The topological polar surface area (TPSA) is 87.8 Å². The fourth-order valence-corrected chi connectivity index (χ4v) is 4.25. The summed E-state index contributed by atoms with van der Waals surface area (Å²) in [6.45, 7) is 0.115. The summed E-state index contributed by atoms with van der Waals surface area (Å²) < 4.78 is 5.73. The minimum absolute atomic E-state index is 0.0690. The number of carboxylic acid groups (broad SMARTS) is 1. The maximum atomic E-state index is 12.7. The van der Waals surface area contributed by atoms with E-state index in [1.165, 1.54) is 24.3 Å². The number of benzene rings is 2. The predicted molar refractivity (Wildman–Crippen MR) is 119 cm³/mol. The molecule has 2 amide bonds. The number of carboxylic acids is 1. The normalized spacial score (nSPS) is 15.2. The molecule has 0 bridgehead atoms. The van der Waals surface area contributed by atoms with Crippen LogP contribution >= 0.6 is 35.0 Å². The van der Waals surface area contributed by atoms with Crippen molar-refractivity contribution in [3.63, 3.8) is 0 Å². The van der Waals surface area contributed by atoms with E-state index < -0.39 is 11.9 Å². The van der Waals surface area contributed by atoms with Crippen LogP contribution in [0.1, 0.15) is 21.7 Å². The number of rotatable bonds is 5. The van der Waals surface area contributed by atoms with Gasteiger partial charge in [-0.2, -0.15) is 0 Å². The lowest BCUT2D eigenvalue weighted by atomic mass is 10.1. The first-order chi connectivity index (χ1) is 14.8. The first-order valence-corrected chi connectivity index (χ1v) is 10.5. The molecule has 3 aromatic rings. The molecular weight excluding hydrogens is 461 g/mol. The molecule has 156 valence electrons. The molecule has 9 heteroatoms. The SMILES string of the molecule is O=C(O)c1ccc(Cl)c(-c2ccc(/C=C3\SC(=O)N(Cc4cccc(Cl)c4)C3=O)o2)c1. The van der Waals surface area contributed by atoms with Gasteiger partial charge in [0.15, 0.2) is 0 Å². The Morgan fingerprint density at radius 3 is 2.65 bits per heavy atom. The highest BCUT2D eigenvalue weighted by Gasteiger charge is 2.35. The first-order valence-electron chi connectivity index (χ1n) is 8.94. The lowest BCUT2D eigenvalue weighted by Gasteiger charge is -2.12. The van der Waals surface area contributed by atoms with Crippen molar-refractivity contribution in [3.05, 3.63) is 86.4 Å². The van der Waals surface area contributed by atoms with Crippen LogP contribution < -0.4 is 0 Å². The van der Waals surface area contributed by atoms with Crippen molar-refractivity contribution in [2.75, 3.05) is 0 Å². The lowest BCUT2D eigenvalue weighted by molar-refractivity contribution is -0.123. The second-order valence-corrected chi connectivity index (χ2v) is 8.44. The molecule has 0 saturated carbocycles. The average Bonchev–Trinajstić information content (AvgIpc) is 3.28. The highest BCUT2D eigenvalue weighted by atomic mass is 35.5. The van der Waals surface area contributed by atoms with Crippen molar-refractivity contribution in [3.8, 4) is 11.3 Å². The molecule has 1 fully saturated rings. The fraction of sp³-hybridized carbons (Fsp3) is 0.0455. The van der Waals surface area contributed by atoms with Crippen LogP contribution in [0.3, 0.4) is 0 Å². The van der Waals surface area contributed by atoms with Gasteiger partial charge in [-0.25, -0.2) is 4.79 Å². The molecule has 0 radical (unpaired) electrons. The summed E-state index contributed by atoms with van der Waals surface area (Å²) in [6, 6.07) is 14.5. The molecule has 1 aliphatic rings. The summed E-state index contributed by atoms with van der Waals surface area (Å²) >= 11 is 13.0. The summed E-state index contributed by atoms with van der Waals surface area (Å²) in [6.07, 6.45) is 1.47. The summed E-state index contributed by atoms with van der Waals surface area (Å²) in [7, 11) is 0. The number of nitrogens with zero attached hydrogens (tertiary/aromatic N) is 1. The number of hydrogen-bond donors (Lipinski definition) is 1. The fourth-order valence-electron chi connectivity index (χ4n) is 3.01. The summed E-state index contributed by atoms with van der Waals surface area (Å²) in [5.74, 6) is -0.838. The van der Waals surface area contributed by atoms with Gasteiger partial charge in [0.05, 0.1) is 22.0 Å². The Hall–Kier alpha value is -3.00. The Morgan fingerprint density at radius 1 is 1.10 bits per heavy atom. The van der Waals surface area contributed by atoms with Crippen molar-refractivity contribution < 1.29 is 23.9 Å². The van der Waals surface area contributed by atoms with Crippen molar-refractivity contribution in [2.24, 2.45) is 0 Å². The van der Waals surface area contributed by atoms with Crippen molar-refractivity contribution >= 4 is 58.2 Å². The Morgan fingerprint density at radius 2 is 1.90 bits per heavy atom. The molecule has 2 aromatic carbocycles. The Labute approximate surface area is 191 Å². The third-order valence-corrected chi connectivity index (χ3v) is 5.95. The van der Waals surface area contributed by atoms with Gasteiger partial charge < -0.3 is 9.52 Å². The molecule has 4 rings (SSSR count). The van der Waals surface area contributed by atoms with Gasteiger partial charge in [0.2, 0.25) is 0 Å². The van der Waals surface area contributed by atoms with Crippen LogP contribution in [-0.2, 0) is 11.3 Å². The van der Waals surface area contributed by atoms with Gasteiger partial charge in [-0.15, -0.1) is 0 Å². The van der Waals surface area contributed by atoms with Crippen LogP contribution in [-0.4, -0.2) is 27.1 Å². The Balaban J connectivity index is 1.57. The number of carbonyl (C=O) groups is 3. The summed E-state index contributed by atoms with van der Waals surface area (Å²) in [5, 5.41) is 9.63. The zero-order valence-corrected chi connectivity index (χ0v) is 18.0. The van der Waals surface area contributed by atoms with Gasteiger partial charge in [-0.05, 0) is 59.8 Å². The van der Waals surface area contributed by atoms with Gasteiger partial charge >= 0.3 is 5.97 Å². The average molecular weight is 474 g/mol. The van der Waals surface area contributed by atoms with E-state index in [2.05, 4.69) is 0 Å². The number of halogens is 2. The van der Waals surface area contributed by atoms with E-state index >= 15 is 0 Å². The molecule has 0 atom stereocenters. The van der Waals surface area contributed by atoms with Crippen molar-refractivity contribution in [1.29, 1.82) is 0 Å². The smallest absolute Gasteiger partial charge is 0.335 e. The number of aromatic carboxylic acids is 1. The monoisotopic (exact) mass is 473 g/mol. The van der Waals surface area contributed by atoms with Gasteiger partial charge in [-0.3, -0.25) is 14.5 Å². The number of furan rings is 1. The van der Waals surface area contributed by atoms with Gasteiger partial charge in [0.1, 0.15) is 11.5 Å². The minimum atomic E-state index is -1.09. The lowest BCUT2D eigenvalue weighted by Crippen LogP contribution is -2.27. The Kier molecular flexibility index (Phi) is 5.91. The summed E-state index contributed by atoms with van der Waals surface area (Å²) in [5.41, 5.74) is 1.22. The number of carbonyl (C=O) groups excluding carboxylic acids is 2. The zero-order chi connectivity index (χ0) is 22.1. The predicted octanol–water partition coefficient (Wildman–Crippen LogP) is 6.19. The molecular formula is C22H13Cl2NO5S. The van der Waals surface area contributed by atoms with Crippen molar-refractivity contribution in [1.82, 2.24) is 4.90 Å². The zero-order valence-electron chi connectivity index (χ0n) is 15.7. The second kappa shape index (κ2) is 8.63. The van der Waals surface area contributed by atoms with Crippen LogP contribution in [0.2, 0.25) is 10.0 Å². The van der Waals surface area contributed by atoms with E-state index in [9.17, 15) is 19.5 Å². The highest BCUT2D eigenvalue weighted by Crippen LogP contribution is 2.35. The number of amides is 2. The highest BCUT2D eigenvalue weighted by molar-refractivity contribution is 8.18. The van der Waals surface area contributed by atoms with Gasteiger partial charge in [-0.1, -0.05) is 35.3 Å². The third-order valence-electron chi connectivity index (χ3n) is 4.48. The van der Waals surface area contributed by atoms with Gasteiger partial charge in [0.25, 0.3) is 11.1 Å². The maximum Gasteiger partial charge on any atom is 0.335 e. The van der Waals surface area contributed by atoms with E-state index in [-0.39, 0.29) is 22.3 Å². The molecule has 0 spiro atoms. The van der Waals surface area contributed by atoms with E-state index in [0.717, 1.165) is 22.2 Å². The van der Waals surface area contributed by atoms with E-state index in [4.69, 9.17) is 27.6 Å². The van der Waals surface area contributed by atoms with Crippen LogP contribution in [0, 0.1) is 0 Å². The molecule has 6 nitrogen and oxygen atoms in total. The Bertz CT molecular complexity index is 1250. The number of thioether (sulfide) groups is 1. The number of hydrogen-bond acceptors (Lipinski definition) is 5. The first kappa shape index (κ1) is 21.2. The van der Waals surface area contributed by atoms with E-state index in [1.54, 1.807) is 36.4 Å². The van der Waals surface area contributed by atoms with Crippen LogP contribution in [0.4, 0.5) is 4.79 Å². The summed E-state index contributed by atoms with van der Waals surface area (Å²) in [4.78, 5) is 37.6. The van der Waals surface area contributed by atoms with Crippen LogP contribution in [0.25, 0.3) is 17.4 Å². The molecule has 2 heterocycles. The second-order valence-electron chi connectivity index (χ2n) is 6.60. The standard InChI is InChI=1S/C22H13Cl2NO5S/c23-14-3-1-2-12(8-14)11-25-20(26)19(31-22(25)29)10-15-5-7-18(30-15)16-9-13(21(27)28)4-6-17(16)24/h1-10H,11H2,(H,27,28)/b19-10-. The molecule has 0 aliphatic carbocycles. The number of imide groups is 1. The van der Waals surface area contributed by atoms with E-state index in [1.807, 2.05) is 0 Å². The molecule has 1 saturated heterocycles. The van der Waals surface area contributed by atoms with Crippen LogP contribution in [0.15, 0.2) is 63.9 Å². The quantitative estimate of drug-likeness (QED) is 0.444. The molecule has 1 aromatic heterocycles. The molecule has 31 heavy (non-hydrogen) atoms. The minimum Gasteiger partial charge on any atom is -0.478 e. The van der Waals surface area contributed by atoms with Gasteiger partial charge in [0, 0.05) is 16.7 Å². The molecule has 1 N–H and O–H groups in total. The van der Waals surface area contributed by atoms with Crippen molar-refractivity contribution in [2.45, 2.75) is 6.54 Å².